The van der Waals surface area contributed by atoms with E-state index < -0.39 is 0 Å². The number of hydrogen-bond acceptors (Lipinski definition) is 2. The van der Waals surface area contributed by atoms with Gasteiger partial charge in [0.1, 0.15) is 0 Å². The Balaban J connectivity index is 2.00. The van der Waals surface area contributed by atoms with Gasteiger partial charge in [0, 0.05) is 0 Å². The molecule has 1 fully saturated rings. The molecule has 1 saturated heterocycles. The standard InChI is InChI=1S/C5H11S2.Sn/c1-2-3-4-5-7-6;/h6H,1-5H2;/q;+1/p-1. The van der Waals surface area contributed by atoms with E-state index in [0.29, 0.717) is 0 Å². The summed E-state index contributed by atoms with van der Waals surface area (Å²) < 4.78 is 1.61. The molecule has 1 rings (SSSR count). The fourth-order valence-corrected chi connectivity index (χ4v) is 10.9. The van der Waals surface area contributed by atoms with Gasteiger partial charge in [0.15, 0.2) is 0 Å². The van der Waals surface area contributed by atoms with Crippen molar-refractivity contribution in [2.24, 2.45) is 0 Å². The average Bonchev–Trinajstić information content (AvgIpc) is 1.62. The average molecular weight is 253 g/mol. The molecule has 0 N–H and O–H groups in total. The fraction of sp³-hybridized carbons (Fsp3) is 1.00. The monoisotopic (exact) mass is 254 g/mol. The normalized spacial score (nSPS) is 24.0. The van der Waals surface area contributed by atoms with Crippen LogP contribution >= 0.6 is 18.8 Å². The number of rotatable bonds is 0. The quantitative estimate of drug-likeness (QED) is 0.480. The van der Waals surface area contributed by atoms with Crippen LogP contribution in [0.25, 0.3) is 0 Å². The molecule has 0 nitrogen and oxygen atoms in total. The summed E-state index contributed by atoms with van der Waals surface area (Å²) in [6.45, 7) is 0. The van der Waals surface area contributed by atoms with Crippen LogP contribution < -0.4 is 0 Å². The summed E-state index contributed by atoms with van der Waals surface area (Å²) in [5.74, 6) is 1.42. The van der Waals surface area contributed by atoms with Gasteiger partial charge < -0.3 is 0 Å². The van der Waals surface area contributed by atoms with E-state index >= 15 is 0 Å². The van der Waals surface area contributed by atoms with Crippen molar-refractivity contribution in [1.82, 2.24) is 0 Å². The van der Waals surface area contributed by atoms with Crippen LogP contribution in [0.4, 0.5) is 0 Å². The van der Waals surface area contributed by atoms with Crippen molar-refractivity contribution in [3.8, 4) is 0 Å². The van der Waals surface area contributed by atoms with E-state index in [1.807, 2.05) is 0 Å². The van der Waals surface area contributed by atoms with E-state index in [-0.39, 0.29) is 19.8 Å². The predicted molar refractivity (Wildman–Crippen MR) is 44.5 cm³/mol. The zero-order chi connectivity index (χ0) is 5.66. The van der Waals surface area contributed by atoms with Gasteiger partial charge in [-0.05, 0) is 0 Å². The summed E-state index contributed by atoms with van der Waals surface area (Å²) in [6.07, 6.45) is 4.52. The van der Waals surface area contributed by atoms with Crippen molar-refractivity contribution in [2.75, 3.05) is 5.75 Å². The molecule has 0 aliphatic carbocycles. The third-order valence-electron chi connectivity index (χ3n) is 1.12. The Labute approximate surface area is 67.6 Å². The van der Waals surface area contributed by atoms with Crippen molar-refractivity contribution in [1.29, 1.82) is 0 Å². The summed E-state index contributed by atoms with van der Waals surface area (Å²) in [5, 5.41) is 0. The first-order valence-electron chi connectivity index (χ1n) is 3.01. The minimum atomic E-state index is 0.0963. The molecule has 1 aliphatic rings. The second-order valence-electron chi connectivity index (χ2n) is 1.86. The van der Waals surface area contributed by atoms with Crippen LogP contribution in [0.2, 0.25) is 4.44 Å². The van der Waals surface area contributed by atoms with E-state index in [1.54, 1.807) is 10.9 Å². The molecule has 0 aromatic carbocycles. The van der Waals surface area contributed by atoms with Crippen molar-refractivity contribution in [2.45, 2.75) is 23.7 Å². The van der Waals surface area contributed by atoms with Gasteiger partial charge >= 0.3 is 68.0 Å². The van der Waals surface area contributed by atoms with Crippen LogP contribution in [0.1, 0.15) is 19.3 Å². The van der Waals surface area contributed by atoms with E-state index in [1.165, 1.54) is 18.6 Å². The van der Waals surface area contributed by atoms with Gasteiger partial charge in [-0.1, -0.05) is 0 Å². The molecule has 46 valence electrons. The van der Waals surface area contributed by atoms with E-state index in [2.05, 4.69) is 18.8 Å². The van der Waals surface area contributed by atoms with Crippen molar-refractivity contribution in [3.05, 3.63) is 0 Å². The molecule has 0 bridgehead atoms. The summed E-state index contributed by atoms with van der Waals surface area (Å²) in [6, 6.07) is 0. The molecule has 0 atom stereocenters. The second-order valence-corrected chi connectivity index (χ2v) is 12.3. The molecule has 0 saturated carbocycles. The van der Waals surface area contributed by atoms with E-state index in [4.69, 9.17) is 0 Å². The summed E-state index contributed by atoms with van der Waals surface area (Å²) in [5.41, 5.74) is 0. The first-order chi connectivity index (χ1) is 4.00. The summed E-state index contributed by atoms with van der Waals surface area (Å²) in [7, 11) is 4.34. The van der Waals surface area contributed by atoms with Crippen LogP contribution in [0.5, 0.6) is 0 Å². The van der Waals surface area contributed by atoms with Crippen molar-refractivity contribution in [3.63, 3.8) is 0 Å². The molecule has 0 spiro atoms. The SMILES string of the molecule is C1CCS[S][Sn][CH2]C1. The fourth-order valence-electron chi connectivity index (χ4n) is 0.660. The van der Waals surface area contributed by atoms with Gasteiger partial charge in [-0.25, -0.2) is 0 Å². The topological polar surface area (TPSA) is 0 Å². The Kier molecular flexibility index (Phi) is 5.03. The number of hydrogen-bond donors (Lipinski definition) is 0. The molecule has 2 radical (unpaired) electrons. The second kappa shape index (κ2) is 5.30. The molecule has 0 aromatic rings. The molecular weight excluding hydrogens is 243 g/mol. The van der Waals surface area contributed by atoms with E-state index in [9.17, 15) is 0 Å². The molecule has 0 amide bonds. The van der Waals surface area contributed by atoms with Gasteiger partial charge in [-0.15, -0.1) is 0 Å². The van der Waals surface area contributed by atoms with Crippen molar-refractivity contribution < 1.29 is 0 Å². The van der Waals surface area contributed by atoms with Gasteiger partial charge in [0.25, 0.3) is 0 Å². The van der Waals surface area contributed by atoms with Crippen LogP contribution in [-0.4, -0.2) is 25.5 Å². The van der Waals surface area contributed by atoms with Gasteiger partial charge in [-0.2, -0.15) is 0 Å². The van der Waals surface area contributed by atoms with E-state index in [0.717, 1.165) is 0 Å². The molecule has 8 heavy (non-hydrogen) atoms. The zero-order valence-corrected chi connectivity index (χ0v) is 9.34. The van der Waals surface area contributed by atoms with Gasteiger partial charge in [0.05, 0.1) is 0 Å². The minimum absolute atomic E-state index is 0.0963. The Bertz CT molecular complexity index is 34.4. The third kappa shape index (κ3) is 3.51. The maximum absolute atomic E-state index is 2.22. The predicted octanol–water partition coefficient (Wildman–Crippen LogP) is 2.59. The first-order valence-corrected chi connectivity index (χ1v) is 10.8. The Morgan fingerprint density at radius 2 is 2.12 bits per heavy atom. The molecule has 1 heterocycles. The third-order valence-corrected chi connectivity index (χ3v) is 12.0. The summed E-state index contributed by atoms with van der Waals surface area (Å²) in [4.78, 5) is 0. The molecular formula is C5H10S2Sn. The summed E-state index contributed by atoms with van der Waals surface area (Å²) >= 11 is 0.0963. The van der Waals surface area contributed by atoms with Crippen molar-refractivity contribution >= 4 is 38.5 Å². The van der Waals surface area contributed by atoms with Gasteiger partial charge in [-0.3, -0.25) is 0 Å². The Morgan fingerprint density at radius 1 is 1.12 bits per heavy atom. The Morgan fingerprint density at radius 3 is 3.12 bits per heavy atom. The molecule has 0 aromatic heterocycles. The molecule has 3 heteroatoms. The van der Waals surface area contributed by atoms with Crippen LogP contribution in [0.3, 0.4) is 0 Å². The van der Waals surface area contributed by atoms with Crippen LogP contribution in [-0.2, 0) is 0 Å². The van der Waals surface area contributed by atoms with Crippen LogP contribution in [0, 0.1) is 0 Å². The van der Waals surface area contributed by atoms with Gasteiger partial charge in [0.2, 0.25) is 0 Å². The first kappa shape index (κ1) is 7.60. The zero-order valence-electron chi connectivity index (χ0n) is 4.85. The molecule has 1 aliphatic heterocycles. The van der Waals surface area contributed by atoms with Crippen LogP contribution in [0.15, 0.2) is 0 Å². The molecule has 0 unspecified atom stereocenters. The maximum atomic E-state index is 2.22. The Hall–Kier alpha value is 1.50.